The number of amides is 1. The number of carbonyl (C=O) groups excluding carboxylic acids is 1. The normalized spacial score (nSPS) is 10.9. The first kappa shape index (κ1) is 19.7. The van der Waals surface area contributed by atoms with Crippen LogP contribution in [0.25, 0.3) is 22.7 Å². The van der Waals surface area contributed by atoms with Gasteiger partial charge in [0, 0.05) is 16.5 Å². The molecule has 0 fully saturated rings. The minimum Gasteiger partial charge on any atom is -0.388 e. The highest BCUT2D eigenvalue weighted by Gasteiger charge is 2.15. The average Bonchev–Trinajstić information content (AvgIpc) is 3.31. The number of rotatable bonds is 5. The summed E-state index contributed by atoms with van der Waals surface area (Å²) in [5, 5.41) is 8.94. The lowest BCUT2D eigenvalue weighted by molar-refractivity contribution is -0.117. The van der Waals surface area contributed by atoms with Crippen LogP contribution < -0.4 is 11.1 Å². The van der Waals surface area contributed by atoms with Crippen LogP contribution in [0.3, 0.4) is 0 Å². The number of nitrogens with zero attached hydrogens (tertiary/aromatic N) is 3. The van der Waals surface area contributed by atoms with Crippen molar-refractivity contribution < 1.29 is 13.6 Å². The smallest absolute Gasteiger partial charge is 0.388 e. The molecule has 152 valence electrons. The summed E-state index contributed by atoms with van der Waals surface area (Å²) in [5.41, 5.74) is 4.52. The van der Waals surface area contributed by atoms with Crippen molar-refractivity contribution in [1.29, 1.82) is 0 Å². The first-order chi connectivity index (χ1) is 14.4. The van der Waals surface area contributed by atoms with Crippen LogP contribution in [0.4, 0.5) is 9.52 Å². The molecule has 30 heavy (non-hydrogen) atoms. The number of benzene rings is 2. The molecule has 2 aromatic carbocycles. The summed E-state index contributed by atoms with van der Waals surface area (Å²) in [4.78, 5) is 28.8. The second-order valence-corrected chi connectivity index (χ2v) is 7.58. The fourth-order valence-electron chi connectivity index (χ4n) is 2.77. The number of nitrogens with one attached hydrogen (secondary N) is 1. The lowest BCUT2D eigenvalue weighted by Gasteiger charge is -2.03. The fourth-order valence-corrected chi connectivity index (χ4v) is 3.51. The Balaban J connectivity index is 1.45. The van der Waals surface area contributed by atoms with Crippen LogP contribution in [0.15, 0.2) is 57.1 Å². The molecule has 9 heteroatoms. The highest BCUT2D eigenvalue weighted by molar-refractivity contribution is 7.14. The zero-order valence-electron chi connectivity index (χ0n) is 16.2. The van der Waals surface area contributed by atoms with Crippen LogP contribution in [0.1, 0.15) is 11.1 Å². The molecule has 2 heterocycles. The van der Waals surface area contributed by atoms with E-state index in [0.717, 1.165) is 21.5 Å². The number of anilines is 1. The minimum absolute atomic E-state index is 0.0130. The number of hydrogen-bond acceptors (Lipinski definition) is 6. The molecule has 0 unspecified atom stereocenters. The third-order valence-electron chi connectivity index (χ3n) is 4.54. The van der Waals surface area contributed by atoms with E-state index in [2.05, 4.69) is 15.4 Å². The predicted molar refractivity (Wildman–Crippen MR) is 112 cm³/mol. The lowest BCUT2D eigenvalue weighted by atomic mass is 10.1. The van der Waals surface area contributed by atoms with Crippen molar-refractivity contribution in [2.24, 2.45) is 0 Å². The van der Waals surface area contributed by atoms with Gasteiger partial charge in [0.15, 0.2) is 5.13 Å². The molecule has 1 N–H and O–H groups in total. The van der Waals surface area contributed by atoms with Gasteiger partial charge in [-0.3, -0.25) is 4.79 Å². The van der Waals surface area contributed by atoms with Crippen molar-refractivity contribution in [2.45, 2.75) is 20.4 Å². The second-order valence-electron chi connectivity index (χ2n) is 6.72. The molecule has 4 aromatic rings. The molecule has 0 aliphatic rings. The molecule has 0 spiro atoms. The van der Waals surface area contributed by atoms with Crippen LogP contribution in [0.2, 0.25) is 0 Å². The zero-order chi connectivity index (χ0) is 21.3. The summed E-state index contributed by atoms with van der Waals surface area (Å²) in [6.45, 7) is 3.74. The molecule has 0 saturated heterocycles. The Kier molecular flexibility index (Phi) is 5.28. The highest BCUT2D eigenvalue weighted by Crippen LogP contribution is 2.26. The SMILES string of the molecule is Cc1ccc(-c2csc(NC(=O)Cn3nc(-c4ccc(F)cc4)oc3=O)n2)cc1C. The number of carbonyl (C=O) groups is 1. The van der Waals surface area contributed by atoms with Crippen molar-refractivity contribution >= 4 is 22.4 Å². The van der Waals surface area contributed by atoms with E-state index >= 15 is 0 Å². The topological polar surface area (TPSA) is 90.0 Å². The lowest BCUT2D eigenvalue weighted by Crippen LogP contribution is -2.25. The Morgan fingerprint density at radius 1 is 1.13 bits per heavy atom. The summed E-state index contributed by atoms with van der Waals surface area (Å²) in [6, 6.07) is 11.4. The first-order valence-corrected chi connectivity index (χ1v) is 9.94. The van der Waals surface area contributed by atoms with Gasteiger partial charge in [-0.15, -0.1) is 16.4 Å². The van der Waals surface area contributed by atoms with E-state index in [9.17, 15) is 14.0 Å². The fraction of sp³-hybridized carbons (Fsp3) is 0.143. The molecule has 0 radical (unpaired) electrons. The summed E-state index contributed by atoms with van der Waals surface area (Å²) in [6.07, 6.45) is 0. The summed E-state index contributed by atoms with van der Waals surface area (Å²) < 4.78 is 19.0. The van der Waals surface area contributed by atoms with Gasteiger partial charge >= 0.3 is 5.76 Å². The Morgan fingerprint density at radius 3 is 2.60 bits per heavy atom. The maximum atomic E-state index is 13.0. The number of hydrogen-bond donors (Lipinski definition) is 1. The molecule has 0 atom stereocenters. The van der Waals surface area contributed by atoms with Gasteiger partial charge in [0.2, 0.25) is 11.8 Å². The van der Waals surface area contributed by atoms with Crippen LogP contribution in [-0.2, 0) is 11.3 Å². The van der Waals surface area contributed by atoms with E-state index in [0.29, 0.717) is 10.7 Å². The van der Waals surface area contributed by atoms with Crippen molar-refractivity contribution in [1.82, 2.24) is 14.8 Å². The van der Waals surface area contributed by atoms with Crippen LogP contribution in [-0.4, -0.2) is 20.7 Å². The maximum absolute atomic E-state index is 13.0. The molecule has 2 aromatic heterocycles. The monoisotopic (exact) mass is 424 g/mol. The molecule has 4 rings (SSSR count). The van der Waals surface area contributed by atoms with E-state index in [1.807, 2.05) is 37.4 Å². The Bertz CT molecular complexity index is 1270. The third kappa shape index (κ3) is 4.20. The molecular formula is C21H17FN4O3S. The van der Waals surface area contributed by atoms with Crippen LogP contribution in [0.5, 0.6) is 0 Å². The van der Waals surface area contributed by atoms with Crippen molar-refractivity contribution in [3.8, 4) is 22.7 Å². The minimum atomic E-state index is -0.778. The largest absolute Gasteiger partial charge is 0.437 e. The maximum Gasteiger partial charge on any atom is 0.437 e. The van der Waals surface area contributed by atoms with Gasteiger partial charge in [-0.1, -0.05) is 12.1 Å². The van der Waals surface area contributed by atoms with Crippen molar-refractivity contribution in [3.05, 3.63) is 75.3 Å². The van der Waals surface area contributed by atoms with Gasteiger partial charge in [0.05, 0.1) is 5.69 Å². The molecule has 0 bridgehead atoms. The summed E-state index contributed by atoms with van der Waals surface area (Å²) in [7, 11) is 0. The van der Waals surface area contributed by atoms with Crippen molar-refractivity contribution in [2.75, 3.05) is 5.32 Å². The number of halogens is 1. The second kappa shape index (κ2) is 8.03. The number of aromatic nitrogens is 3. The molecule has 1 amide bonds. The summed E-state index contributed by atoms with van der Waals surface area (Å²) >= 11 is 1.29. The van der Waals surface area contributed by atoms with Crippen LogP contribution >= 0.6 is 11.3 Å². The average molecular weight is 424 g/mol. The Morgan fingerprint density at radius 2 is 1.87 bits per heavy atom. The standard InChI is InChI=1S/C21H17FN4O3S/c1-12-3-4-15(9-13(12)2)17-11-30-20(23-17)24-18(27)10-26-21(28)29-19(25-26)14-5-7-16(22)8-6-14/h3-9,11H,10H2,1-2H3,(H,23,24,27). The van der Waals surface area contributed by atoms with Gasteiger partial charge in [-0.25, -0.2) is 14.2 Å². The van der Waals surface area contributed by atoms with Crippen LogP contribution in [0, 0.1) is 19.7 Å². The van der Waals surface area contributed by atoms with Gasteiger partial charge < -0.3 is 9.73 Å². The van der Waals surface area contributed by atoms with E-state index < -0.39 is 17.5 Å². The molecule has 7 nitrogen and oxygen atoms in total. The third-order valence-corrected chi connectivity index (χ3v) is 5.30. The van der Waals surface area contributed by atoms with E-state index in [4.69, 9.17) is 4.42 Å². The van der Waals surface area contributed by atoms with Gasteiger partial charge in [0.1, 0.15) is 12.4 Å². The molecule has 0 aliphatic carbocycles. The van der Waals surface area contributed by atoms with Gasteiger partial charge in [0.25, 0.3) is 0 Å². The first-order valence-electron chi connectivity index (χ1n) is 9.06. The predicted octanol–water partition coefficient (Wildman–Crippen LogP) is 4.02. The molecule has 0 saturated carbocycles. The number of thiazole rings is 1. The zero-order valence-corrected chi connectivity index (χ0v) is 17.0. The quantitative estimate of drug-likeness (QED) is 0.523. The van der Waals surface area contributed by atoms with E-state index in [1.165, 1.54) is 41.2 Å². The van der Waals surface area contributed by atoms with E-state index in [1.54, 1.807) is 0 Å². The Labute approximate surface area is 174 Å². The Hall–Kier alpha value is -3.59. The summed E-state index contributed by atoms with van der Waals surface area (Å²) in [5.74, 6) is -1.64. The van der Waals surface area contributed by atoms with Gasteiger partial charge in [-0.05, 0) is 55.3 Å². The highest BCUT2D eigenvalue weighted by atomic mass is 32.1. The molecular weight excluding hydrogens is 407 g/mol. The molecule has 0 aliphatic heterocycles. The van der Waals surface area contributed by atoms with E-state index in [-0.39, 0.29) is 12.4 Å². The number of aryl methyl sites for hydroxylation is 2. The van der Waals surface area contributed by atoms with Crippen molar-refractivity contribution in [3.63, 3.8) is 0 Å². The van der Waals surface area contributed by atoms with Gasteiger partial charge in [-0.2, -0.15) is 4.68 Å².